The Labute approximate surface area is 121 Å². The van der Waals surface area contributed by atoms with Crippen LogP contribution in [0.5, 0.6) is 0 Å². The molecule has 0 saturated heterocycles. The Kier molecular flexibility index (Phi) is 4.50. The number of hydrogen-bond donors (Lipinski definition) is 1. The Bertz CT molecular complexity index is 565. The number of nitrogens with two attached hydrogens (primary N) is 1. The number of benzene rings is 1. The van der Waals surface area contributed by atoms with Crippen LogP contribution in [-0.2, 0) is 6.42 Å². The second-order valence-corrected chi connectivity index (χ2v) is 5.61. The minimum atomic E-state index is 0.459. The molecule has 0 bridgehead atoms. The summed E-state index contributed by atoms with van der Waals surface area (Å²) in [6, 6.07) is 8.33. The van der Waals surface area contributed by atoms with Gasteiger partial charge in [-0.3, -0.25) is 0 Å². The van der Waals surface area contributed by atoms with E-state index >= 15 is 0 Å². The highest BCUT2D eigenvalue weighted by Crippen LogP contribution is 2.21. The predicted molar refractivity (Wildman–Crippen MR) is 83.6 cm³/mol. The molecule has 2 N–H and O–H groups in total. The van der Waals surface area contributed by atoms with Gasteiger partial charge in [-0.05, 0) is 45.2 Å². The average molecular weight is 269 g/mol. The van der Waals surface area contributed by atoms with E-state index in [4.69, 9.17) is 5.73 Å². The minimum Gasteiger partial charge on any atom is -0.330 e. The van der Waals surface area contributed by atoms with Crippen LogP contribution in [0.2, 0.25) is 0 Å². The standard InChI is InChI=1S/C17H23N3/c1-11-5-7-15(8-6-11)17-19-13(3)16(14(4)20-17)9-12(2)10-18/h5-8,12H,9-10,18H2,1-4H3. The van der Waals surface area contributed by atoms with Crippen molar-refractivity contribution in [3.63, 3.8) is 0 Å². The third kappa shape index (κ3) is 3.23. The van der Waals surface area contributed by atoms with Gasteiger partial charge in [0.25, 0.3) is 0 Å². The molecule has 2 aromatic rings. The van der Waals surface area contributed by atoms with Crippen molar-refractivity contribution in [3.8, 4) is 11.4 Å². The number of hydrogen-bond acceptors (Lipinski definition) is 3. The highest BCUT2D eigenvalue weighted by atomic mass is 14.9. The summed E-state index contributed by atoms with van der Waals surface area (Å²) in [6.45, 7) is 9.06. The number of aryl methyl sites for hydroxylation is 3. The highest BCUT2D eigenvalue weighted by Gasteiger charge is 2.12. The van der Waals surface area contributed by atoms with Crippen LogP contribution < -0.4 is 5.73 Å². The summed E-state index contributed by atoms with van der Waals surface area (Å²) < 4.78 is 0. The Morgan fingerprint density at radius 3 is 2.05 bits per heavy atom. The van der Waals surface area contributed by atoms with Crippen molar-refractivity contribution in [2.24, 2.45) is 11.7 Å². The molecule has 0 amide bonds. The van der Waals surface area contributed by atoms with Crippen molar-refractivity contribution in [3.05, 3.63) is 46.8 Å². The van der Waals surface area contributed by atoms with Crippen LogP contribution in [0.4, 0.5) is 0 Å². The first-order valence-corrected chi connectivity index (χ1v) is 7.12. The molecule has 3 nitrogen and oxygen atoms in total. The van der Waals surface area contributed by atoms with Gasteiger partial charge in [-0.1, -0.05) is 36.8 Å². The molecular formula is C17H23N3. The molecule has 106 valence electrons. The lowest BCUT2D eigenvalue weighted by atomic mass is 9.98. The fourth-order valence-electron chi connectivity index (χ4n) is 2.30. The average Bonchev–Trinajstić information content (AvgIpc) is 2.43. The molecule has 2 rings (SSSR count). The third-order valence-electron chi connectivity index (χ3n) is 3.69. The van der Waals surface area contributed by atoms with E-state index in [9.17, 15) is 0 Å². The van der Waals surface area contributed by atoms with Crippen LogP contribution in [0.25, 0.3) is 11.4 Å². The SMILES string of the molecule is Cc1ccc(-c2nc(C)c(CC(C)CN)c(C)n2)cc1. The van der Waals surface area contributed by atoms with Gasteiger partial charge >= 0.3 is 0 Å². The maximum atomic E-state index is 5.71. The maximum absolute atomic E-state index is 5.71. The van der Waals surface area contributed by atoms with Gasteiger partial charge in [0.2, 0.25) is 0 Å². The summed E-state index contributed by atoms with van der Waals surface area (Å²) in [7, 11) is 0. The molecule has 0 fully saturated rings. The number of nitrogens with zero attached hydrogens (tertiary/aromatic N) is 2. The van der Waals surface area contributed by atoms with E-state index in [1.807, 2.05) is 0 Å². The predicted octanol–water partition coefficient (Wildman–Crippen LogP) is 3.21. The molecule has 0 aliphatic rings. The first-order valence-electron chi connectivity index (χ1n) is 7.12. The summed E-state index contributed by atoms with van der Waals surface area (Å²) in [6.07, 6.45) is 0.947. The van der Waals surface area contributed by atoms with E-state index in [2.05, 4.69) is 61.9 Å². The first-order chi connectivity index (χ1) is 9.51. The minimum absolute atomic E-state index is 0.459. The maximum Gasteiger partial charge on any atom is 0.159 e. The molecule has 1 unspecified atom stereocenters. The lowest BCUT2D eigenvalue weighted by Crippen LogP contribution is -2.15. The van der Waals surface area contributed by atoms with Crippen molar-refractivity contribution in [2.75, 3.05) is 6.54 Å². The molecule has 20 heavy (non-hydrogen) atoms. The molecule has 0 radical (unpaired) electrons. The smallest absolute Gasteiger partial charge is 0.159 e. The van der Waals surface area contributed by atoms with Crippen LogP contribution >= 0.6 is 0 Å². The molecule has 0 saturated carbocycles. The normalized spacial score (nSPS) is 12.4. The zero-order chi connectivity index (χ0) is 14.7. The summed E-state index contributed by atoms with van der Waals surface area (Å²) in [5.74, 6) is 1.27. The quantitative estimate of drug-likeness (QED) is 0.927. The fraction of sp³-hybridized carbons (Fsp3) is 0.412. The van der Waals surface area contributed by atoms with E-state index in [1.165, 1.54) is 11.1 Å². The zero-order valence-corrected chi connectivity index (χ0v) is 12.8. The summed E-state index contributed by atoms with van der Waals surface area (Å²) in [4.78, 5) is 9.34. The van der Waals surface area contributed by atoms with Crippen molar-refractivity contribution in [1.82, 2.24) is 9.97 Å². The lowest BCUT2D eigenvalue weighted by Gasteiger charge is -2.14. The van der Waals surface area contributed by atoms with E-state index in [1.54, 1.807) is 0 Å². The van der Waals surface area contributed by atoms with Crippen LogP contribution in [0.15, 0.2) is 24.3 Å². The Balaban J connectivity index is 2.37. The topological polar surface area (TPSA) is 51.8 Å². The molecule has 1 heterocycles. The second kappa shape index (κ2) is 6.14. The zero-order valence-electron chi connectivity index (χ0n) is 12.8. The fourth-order valence-corrected chi connectivity index (χ4v) is 2.30. The van der Waals surface area contributed by atoms with Crippen molar-refractivity contribution in [2.45, 2.75) is 34.1 Å². The van der Waals surface area contributed by atoms with E-state index in [0.717, 1.165) is 29.2 Å². The Hall–Kier alpha value is -1.74. The Morgan fingerprint density at radius 1 is 1.00 bits per heavy atom. The van der Waals surface area contributed by atoms with Crippen LogP contribution in [0.1, 0.15) is 29.4 Å². The van der Waals surface area contributed by atoms with E-state index in [-0.39, 0.29) is 0 Å². The van der Waals surface area contributed by atoms with Gasteiger partial charge in [0.15, 0.2) is 5.82 Å². The highest BCUT2D eigenvalue weighted by molar-refractivity contribution is 5.56. The summed E-state index contributed by atoms with van der Waals surface area (Å²) >= 11 is 0. The molecule has 0 aliphatic carbocycles. The van der Waals surface area contributed by atoms with Crippen molar-refractivity contribution < 1.29 is 0 Å². The van der Waals surface area contributed by atoms with Gasteiger partial charge < -0.3 is 5.73 Å². The summed E-state index contributed by atoms with van der Waals surface area (Å²) in [5.41, 5.74) is 11.4. The molecule has 1 aromatic carbocycles. The van der Waals surface area contributed by atoms with Crippen molar-refractivity contribution >= 4 is 0 Å². The van der Waals surface area contributed by atoms with Gasteiger partial charge in [-0.25, -0.2) is 9.97 Å². The second-order valence-electron chi connectivity index (χ2n) is 5.61. The monoisotopic (exact) mass is 269 g/mol. The molecule has 3 heteroatoms. The van der Waals surface area contributed by atoms with E-state index in [0.29, 0.717) is 12.5 Å². The van der Waals surface area contributed by atoms with E-state index < -0.39 is 0 Å². The van der Waals surface area contributed by atoms with Gasteiger partial charge in [0.1, 0.15) is 0 Å². The molecule has 1 aromatic heterocycles. The van der Waals surface area contributed by atoms with Gasteiger partial charge in [-0.2, -0.15) is 0 Å². The molecule has 0 aliphatic heterocycles. The molecule has 0 spiro atoms. The first kappa shape index (κ1) is 14.7. The van der Waals surface area contributed by atoms with Gasteiger partial charge in [-0.15, -0.1) is 0 Å². The molecule has 1 atom stereocenters. The van der Waals surface area contributed by atoms with Crippen LogP contribution in [-0.4, -0.2) is 16.5 Å². The third-order valence-corrected chi connectivity index (χ3v) is 3.69. The number of aromatic nitrogens is 2. The van der Waals surface area contributed by atoms with Gasteiger partial charge in [0, 0.05) is 17.0 Å². The van der Waals surface area contributed by atoms with Crippen LogP contribution in [0, 0.1) is 26.7 Å². The van der Waals surface area contributed by atoms with Crippen molar-refractivity contribution in [1.29, 1.82) is 0 Å². The van der Waals surface area contributed by atoms with Gasteiger partial charge in [0.05, 0.1) is 0 Å². The van der Waals surface area contributed by atoms with Crippen LogP contribution in [0.3, 0.4) is 0 Å². The Morgan fingerprint density at radius 2 is 1.55 bits per heavy atom. The number of rotatable bonds is 4. The molecular weight excluding hydrogens is 246 g/mol. The summed E-state index contributed by atoms with van der Waals surface area (Å²) in [5, 5.41) is 0. The lowest BCUT2D eigenvalue weighted by molar-refractivity contribution is 0.586. The largest absolute Gasteiger partial charge is 0.330 e.